The molecule has 2 aromatic heterocycles. The molecular formula is C23H20FN5O2S. The van der Waals surface area contributed by atoms with E-state index in [9.17, 15) is 14.0 Å². The Kier molecular flexibility index (Phi) is 5.05. The van der Waals surface area contributed by atoms with Gasteiger partial charge in [-0.2, -0.15) is 5.10 Å². The van der Waals surface area contributed by atoms with Crippen LogP contribution in [0, 0.1) is 19.7 Å². The monoisotopic (exact) mass is 449 g/mol. The van der Waals surface area contributed by atoms with Crippen molar-refractivity contribution in [3.63, 3.8) is 0 Å². The van der Waals surface area contributed by atoms with Crippen molar-refractivity contribution < 1.29 is 9.18 Å². The highest BCUT2D eigenvalue weighted by Gasteiger charge is 2.29. The van der Waals surface area contributed by atoms with Crippen LogP contribution in [0.1, 0.15) is 23.6 Å². The first-order valence-corrected chi connectivity index (χ1v) is 11.2. The Balaban J connectivity index is 1.44. The van der Waals surface area contributed by atoms with E-state index in [0.717, 1.165) is 16.8 Å². The van der Waals surface area contributed by atoms with Gasteiger partial charge >= 0.3 is 0 Å². The predicted octanol–water partition coefficient (Wildman–Crippen LogP) is 4.01. The number of hydrogen-bond donors (Lipinski definition) is 1. The molecule has 9 heteroatoms. The number of anilines is 1. The van der Waals surface area contributed by atoms with Gasteiger partial charge in [-0.05, 0) is 55.3 Å². The molecule has 0 bridgehead atoms. The van der Waals surface area contributed by atoms with E-state index in [0.29, 0.717) is 27.6 Å². The highest BCUT2D eigenvalue weighted by molar-refractivity contribution is 7.99. The molecule has 162 valence electrons. The summed E-state index contributed by atoms with van der Waals surface area (Å²) in [6.07, 6.45) is 1.64. The molecule has 0 aliphatic carbocycles. The number of fused-ring (bicyclic) bond motifs is 2. The summed E-state index contributed by atoms with van der Waals surface area (Å²) in [7, 11) is 0. The Hall–Kier alpha value is -3.46. The second kappa shape index (κ2) is 7.90. The minimum Gasteiger partial charge on any atom is -0.326 e. The maximum atomic E-state index is 13.3. The standard InChI is InChI=1S/C23H20FN5O2S/c1-13-4-3-5-19(14(13)2)26-20(30)10-17-12-32-23-27-21-18(22(31)28(17)23)11-25-29(21)16-8-6-15(24)7-9-16/h3-9,11,17H,10,12H2,1-2H3,(H,26,30). The van der Waals surface area contributed by atoms with Crippen LogP contribution in [0.5, 0.6) is 0 Å². The Morgan fingerprint density at radius 2 is 2.00 bits per heavy atom. The first-order chi connectivity index (χ1) is 15.4. The van der Waals surface area contributed by atoms with Crippen LogP contribution in [0.15, 0.2) is 58.6 Å². The second-order valence-corrected chi connectivity index (χ2v) is 8.79. The number of rotatable bonds is 4. The van der Waals surface area contributed by atoms with Gasteiger partial charge < -0.3 is 5.32 Å². The maximum absolute atomic E-state index is 13.3. The normalized spacial score (nSPS) is 15.2. The van der Waals surface area contributed by atoms with E-state index in [1.807, 2.05) is 32.0 Å². The molecule has 0 saturated heterocycles. The minimum absolute atomic E-state index is 0.147. The number of nitrogens with zero attached hydrogens (tertiary/aromatic N) is 4. The van der Waals surface area contributed by atoms with Crippen LogP contribution in [0.3, 0.4) is 0 Å². The van der Waals surface area contributed by atoms with Gasteiger partial charge in [0.25, 0.3) is 5.56 Å². The Morgan fingerprint density at radius 1 is 1.22 bits per heavy atom. The van der Waals surface area contributed by atoms with E-state index in [4.69, 9.17) is 0 Å². The molecular weight excluding hydrogens is 429 g/mol. The first-order valence-electron chi connectivity index (χ1n) is 10.2. The number of amides is 1. The quantitative estimate of drug-likeness (QED) is 0.476. The maximum Gasteiger partial charge on any atom is 0.265 e. The zero-order valence-corrected chi connectivity index (χ0v) is 18.3. The lowest BCUT2D eigenvalue weighted by atomic mass is 10.1. The largest absolute Gasteiger partial charge is 0.326 e. The van der Waals surface area contributed by atoms with Crippen LogP contribution < -0.4 is 10.9 Å². The summed E-state index contributed by atoms with van der Waals surface area (Å²) >= 11 is 1.44. The lowest BCUT2D eigenvalue weighted by Crippen LogP contribution is -2.28. The molecule has 0 radical (unpaired) electrons. The summed E-state index contributed by atoms with van der Waals surface area (Å²) in [5.74, 6) is 0.0850. The number of nitrogens with one attached hydrogen (secondary N) is 1. The Bertz CT molecular complexity index is 1410. The average molecular weight is 450 g/mol. The van der Waals surface area contributed by atoms with Gasteiger partial charge in [0.2, 0.25) is 5.91 Å². The van der Waals surface area contributed by atoms with Crippen molar-refractivity contribution in [2.24, 2.45) is 0 Å². The summed E-state index contributed by atoms with van der Waals surface area (Å²) in [6, 6.07) is 11.3. The van der Waals surface area contributed by atoms with Crippen molar-refractivity contribution in [1.29, 1.82) is 0 Å². The fourth-order valence-electron chi connectivity index (χ4n) is 3.85. The molecule has 1 amide bonds. The van der Waals surface area contributed by atoms with Gasteiger partial charge in [-0.3, -0.25) is 14.2 Å². The molecule has 5 rings (SSSR count). The highest BCUT2D eigenvalue weighted by Crippen LogP contribution is 2.33. The first kappa shape index (κ1) is 20.4. The zero-order chi connectivity index (χ0) is 22.4. The topological polar surface area (TPSA) is 81.8 Å². The average Bonchev–Trinajstić information content (AvgIpc) is 3.37. The Morgan fingerprint density at radius 3 is 2.78 bits per heavy atom. The van der Waals surface area contributed by atoms with Crippen LogP contribution in [0.2, 0.25) is 0 Å². The minimum atomic E-state index is -0.350. The fraction of sp³-hybridized carbons (Fsp3) is 0.217. The number of hydrogen-bond acceptors (Lipinski definition) is 5. The molecule has 0 spiro atoms. The van der Waals surface area contributed by atoms with Gasteiger partial charge in [-0.25, -0.2) is 14.1 Å². The molecule has 1 atom stereocenters. The molecule has 1 aliphatic rings. The van der Waals surface area contributed by atoms with Crippen LogP contribution in [0.25, 0.3) is 16.7 Å². The molecule has 1 N–H and O–H groups in total. The molecule has 1 aliphatic heterocycles. The lowest BCUT2D eigenvalue weighted by molar-refractivity contribution is -0.116. The van der Waals surface area contributed by atoms with Crippen molar-refractivity contribution >= 4 is 34.4 Å². The number of carbonyl (C=O) groups excluding carboxylic acids is 1. The third-order valence-electron chi connectivity index (χ3n) is 5.74. The van der Waals surface area contributed by atoms with Gasteiger partial charge in [0.05, 0.1) is 17.9 Å². The molecule has 3 heterocycles. The van der Waals surface area contributed by atoms with E-state index in [2.05, 4.69) is 15.4 Å². The van der Waals surface area contributed by atoms with Crippen molar-refractivity contribution in [1.82, 2.24) is 19.3 Å². The van der Waals surface area contributed by atoms with E-state index >= 15 is 0 Å². The summed E-state index contributed by atoms with van der Waals surface area (Å²) in [5.41, 5.74) is 3.71. The summed E-state index contributed by atoms with van der Waals surface area (Å²) in [5, 5.41) is 8.16. The fourth-order valence-corrected chi connectivity index (χ4v) is 4.98. The van der Waals surface area contributed by atoms with Crippen molar-refractivity contribution in [3.8, 4) is 5.69 Å². The van der Waals surface area contributed by atoms with Crippen LogP contribution in [-0.4, -0.2) is 31.0 Å². The molecule has 7 nitrogen and oxygen atoms in total. The van der Waals surface area contributed by atoms with Crippen LogP contribution >= 0.6 is 11.8 Å². The van der Waals surface area contributed by atoms with Gasteiger partial charge in [0.1, 0.15) is 11.2 Å². The lowest BCUT2D eigenvalue weighted by Gasteiger charge is -2.15. The number of thioether (sulfide) groups is 1. The van der Waals surface area contributed by atoms with Gasteiger partial charge in [0, 0.05) is 17.9 Å². The zero-order valence-electron chi connectivity index (χ0n) is 17.5. The number of aromatic nitrogens is 4. The van der Waals surface area contributed by atoms with Gasteiger partial charge in [-0.15, -0.1) is 0 Å². The van der Waals surface area contributed by atoms with Crippen LogP contribution in [0.4, 0.5) is 10.1 Å². The number of carbonyl (C=O) groups is 1. The molecule has 32 heavy (non-hydrogen) atoms. The smallest absolute Gasteiger partial charge is 0.265 e. The van der Waals surface area contributed by atoms with Gasteiger partial charge in [0.15, 0.2) is 10.8 Å². The predicted molar refractivity (Wildman–Crippen MR) is 122 cm³/mol. The molecule has 0 fully saturated rings. The highest BCUT2D eigenvalue weighted by atomic mass is 32.2. The molecule has 2 aromatic carbocycles. The van der Waals surface area contributed by atoms with Crippen molar-refractivity contribution in [2.75, 3.05) is 11.1 Å². The van der Waals surface area contributed by atoms with Gasteiger partial charge in [-0.1, -0.05) is 23.9 Å². The second-order valence-electron chi connectivity index (χ2n) is 7.80. The molecule has 1 unspecified atom stereocenters. The Labute approximate surface area is 187 Å². The van der Waals surface area contributed by atoms with E-state index in [1.54, 1.807) is 16.7 Å². The SMILES string of the molecule is Cc1cccc(NC(=O)CC2CSc3nc4c(cnn4-c4ccc(F)cc4)c(=O)n32)c1C. The van der Waals surface area contributed by atoms with E-state index in [1.165, 1.54) is 34.8 Å². The number of halogens is 1. The third-order valence-corrected chi connectivity index (χ3v) is 6.84. The summed E-state index contributed by atoms with van der Waals surface area (Å²) in [6.45, 7) is 3.97. The molecule has 4 aromatic rings. The van der Waals surface area contributed by atoms with E-state index in [-0.39, 0.29) is 29.7 Å². The number of benzene rings is 2. The summed E-state index contributed by atoms with van der Waals surface area (Å²) in [4.78, 5) is 30.6. The van der Waals surface area contributed by atoms with E-state index < -0.39 is 0 Å². The number of aryl methyl sites for hydroxylation is 1. The van der Waals surface area contributed by atoms with Crippen molar-refractivity contribution in [3.05, 3.63) is 76.0 Å². The molecule has 0 saturated carbocycles. The third kappa shape index (κ3) is 3.48. The summed E-state index contributed by atoms with van der Waals surface area (Å²) < 4.78 is 16.4. The van der Waals surface area contributed by atoms with Crippen molar-refractivity contribution in [2.45, 2.75) is 31.5 Å². The van der Waals surface area contributed by atoms with Crippen LogP contribution in [-0.2, 0) is 4.79 Å².